The lowest BCUT2D eigenvalue weighted by Gasteiger charge is -2.13. The van der Waals surface area contributed by atoms with Gasteiger partial charge in [0.2, 0.25) is 6.29 Å². The Morgan fingerprint density at radius 3 is 1.86 bits per heavy atom. The molecule has 1 nitrogen and oxygen atoms in total. The molecule has 0 saturated heterocycles. The minimum atomic E-state index is -4.37. The smallest absolute Gasteiger partial charge is 0.285 e. The average Bonchev–Trinajstić information content (AvgIpc) is 1.99. The molecule has 0 atom stereocenters. The van der Waals surface area contributed by atoms with E-state index in [9.17, 15) is 18.0 Å². The number of alkyl halides is 3. The molecule has 14 heavy (non-hydrogen) atoms. The summed E-state index contributed by atoms with van der Waals surface area (Å²) in [5, 5.41) is 0. The third kappa shape index (κ3) is 1.95. The number of carbonyl (C=O) groups excluding carboxylic acids is 1. The lowest BCUT2D eigenvalue weighted by Crippen LogP contribution is -2.10. The van der Waals surface area contributed by atoms with Crippen molar-refractivity contribution in [1.29, 1.82) is 0 Å². The highest BCUT2D eigenvalue weighted by Crippen LogP contribution is 2.34. The summed E-state index contributed by atoms with van der Waals surface area (Å²) >= 11 is 0. The molecule has 0 aliphatic rings. The molecule has 1 rings (SSSR count). The van der Waals surface area contributed by atoms with Gasteiger partial charge >= 0.3 is 6.18 Å². The number of rotatable bonds is 1. The van der Waals surface area contributed by atoms with Crippen LogP contribution in [0.5, 0.6) is 0 Å². The van der Waals surface area contributed by atoms with E-state index in [2.05, 4.69) is 0 Å². The van der Waals surface area contributed by atoms with Crippen LogP contribution >= 0.6 is 0 Å². The van der Waals surface area contributed by atoms with Crippen LogP contribution in [0.1, 0.15) is 22.3 Å². The van der Waals surface area contributed by atoms with E-state index < -0.39 is 11.7 Å². The molecule has 0 saturated carbocycles. The van der Waals surface area contributed by atoms with Crippen molar-refractivity contribution in [3.63, 3.8) is 0 Å². The first kappa shape index (κ1) is 10.8. The number of aryl methyl sites for hydroxylation is 2. The molecule has 0 aromatic heterocycles. The van der Waals surface area contributed by atoms with Gasteiger partial charge in [0.1, 0.15) is 0 Å². The Bertz CT molecular complexity index is 343. The van der Waals surface area contributed by atoms with Crippen LogP contribution in [0.15, 0.2) is 12.1 Å². The molecular formula is C10H8F3O. The fourth-order valence-corrected chi connectivity index (χ4v) is 1.47. The number of benzene rings is 1. The molecule has 1 aromatic carbocycles. The SMILES string of the molecule is Cc1cc([C]=O)cc(C)c1C(F)(F)F. The monoisotopic (exact) mass is 201 g/mol. The summed E-state index contributed by atoms with van der Waals surface area (Å²) in [6.07, 6.45) is -2.80. The van der Waals surface area contributed by atoms with E-state index in [4.69, 9.17) is 0 Å². The van der Waals surface area contributed by atoms with E-state index in [0.29, 0.717) is 0 Å². The maximum atomic E-state index is 12.4. The highest BCUT2D eigenvalue weighted by molar-refractivity contribution is 5.76. The van der Waals surface area contributed by atoms with Gasteiger partial charge in [-0.25, -0.2) is 0 Å². The second-order valence-corrected chi connectivity index (χ2v) is 3.08. The van der Waals surface area contributed by atoms with Crippen molar-refractivity contribution in [3.8, 4) is 0 Å². The summed E-state index contributed by atoms with van der Waals surface area (Å²) < 4.78 is 37.3. The van der Waals surface area contributed by atoms with Gasteiger partial charge in [0, 0.05) is 5.56 Å². The van der Waals surface area contributed by atoms with Crippen molar-refractivity contribution in [3.05, 3.63) is 34.4 Å². The van der Waals surface area contributed by atoms with Crippen LogP contribution < -0.4 is 0 Å². The van der Waals surface area contributed by atoms with Gasteiger partial charge in [-0.1, -0.05) is 0 Å². The topological polar surface area (TPSA) is 17.1 Å². The van der Waals surface area contributed by atoms with Gasteiger partial charge < -0.3 is 0 Å². The summed E-state index contributed by atoms with van der Waals surface area (Å²) in [5.41, 5.74) is -0.420. The van der Waals surface area contributed by atoms with E-state index in [-0.39, 0.29) is 16.7 Å². The van der Waals surface area contributed by atoms with E-state index in [0.717, 1.165) is 0 Å². The third-order valence-corrected chi connectivity index (χ3v) is 1.93. The predicted octanol–water partition coefficient (Wildman–Crippen LogP) is 2.78. The largest absolute Gasteiger partial charge is 0.416 e. The highest BCUT2D eigenvalue weighted by atomic mass is 19.4. The zero-order valence-electron chi connectivity index (χ0n) is 7.70. The average molecular weight is 201 g/mol. The molecule has 0 fully saturated rings. The quantitative estimate of drug-likeness (QED) is 0.682. The molecule has 0 unspecified atom stereocenters. The Labute approximate surface area is 79.5 Å². The zero-order valence-corrected chi connectivity index (χ0v) is 7.70. The zero-order chi connectivity index (χ0) is 10.9. The summed E-state index contributed by atoms with van der Waals surface area (Å²) in [7, 11) is 0. The molecule has 0 amide bonds. The molecule has 0 aliphatic heterocycles. The van der Waals surface area contributed by atoms with Gasteiger partial charge in [-0.05, 0) is 37.1 Å². The summed E-state index contributed by atoms with van der Waals surface area (Å²) in [6, 6.07) is 2.37. The maximum absolute atomic E-state index is 12.4. The van der Waals surface area contributed by atoms with E-state index >= 15 is 0 Å². The first-order valence-electron chi connectivity index (χ1n) is 3.93. The number of halogens is 3. The summed E-state index contributed by atoms with van der Waals surface area (Å²) in [6.45, 7) is 2.66. The van der Waals surface area contributed by atoms with Crippen LogP contribution in [0.2, 0.25) is 0 Å². The Morgan fingerprint density at radius 2 is 1.57 bits per heavy atom. The maximum Gasteiger partial charge on any atom is 0.416 e. The van der Waals surface area contributed by atoms with Gasteiger partial charge in [0.15, 0.2) is 0 Å². The van der Waals surface area contributed by atoms with Gasteiger partial charge in [0.25, 0.3) is 0 Å². The van der Waals surface area contributed by atoms with Crippen LogP contribution in [-0.2, 0) is 11.0 Å². The minimum Gasteiger partial charge on any atom is -0.285 e. The standard InChI is InChI=1S/C10H8F3O/c1-6-3-8(5-14)4-7(2)9(6)10(11,12)13/h3-4H,1-2H3. The highest BCUT2D eigenvalue weighted by Gasteiger charge is 2.34. The number of hydrogen-bond acceptors (Lipinski definition) is 1. The Hall–Kier alpha value is -1.32. The first-order chi connectivity index (χ1) is 6.36. The van der Waals surface area contributed by atoms with Crippen LogP contribution in [-0.4, -0.2) is 6.29 Å². The van der Waals surface area contributed by atoms with Crippen molar-refractivity contribution in [2.75, 3.05) is 0 Å². The lowest BCUT2D eigenvalue weighted by atomic mass is 9.99. The number of hydrogen-bond donors (Lipinski definition) is 0. The van der Waals surface area contributed by atoms with Crippen molar-refractivity contribution < 1.29 is 18.0 Å². The van der Waals surface area contributed by atoms with Crippen LogP contribution in [0.3, 0.4) is 0 Å². The van der Waals surface area contributed by atoms with E-state index in [1.165, 1.54) is 26.0 Å². The van der Waals surface area contributed by atoms with Gasteiger partial charge in [-0.2, -0.15) is 13.2 Å². The molecule has 0 N–H and O–H groups in total. The molecule has 1 aromatic rings. The van der Waals surface area contributed by atoms with Gasteiger partial charge in [-0.3, -0.25) is 4.79 Å². The summed E-state index contributed by atoms with van der Waals surface area (Å²) in [4.78, 5) is 10.3. The Balaban J connectivity index is 3.40. The molecule has 0 bridgehead atoms. The fourth-order valence-electron chi connectivity index (χ4n) is 1.47. The Kier molecular flexibility index (Phi) is 2.64. The lowest BCUT2D eigenvalue weighted by molar-refractivity contribution is -0.138. The normalized spacial score (nSPS) is 11.5. The molecule has 0 aliphatic carbocycles. The van der Waals surface area contributed by atoms with Crippen LogP contribution in [0, 0.1) is 13.8 Å². The second kappa shape index (κ2) is 3.44. The molecule has 0 heterocycles. The van der Waals surface area contributed by atoms with Crippen molar-refractivity contribution >= 4 is 6.29 Å². The van der Waals surface area contributed by atoms with Crippen LogP contribution in [0.4, 0.5) is 13.2 Å². The van der Waals surface area contributed by atoms with Gasteiger partial charge in [0.05, 0.1) is 5.56 Å². The molecule has 75 valence electrons. The van der Waals surface area contributed by atoms with Crippen LogP contribution in [0.25, 0.3) is 0 Å². The van der Waals surface area contributed by atoms with Crippen molar-refractivity contribution in [2.24, 2.45) is 0 Å². The summed E-state index contributed by atoms with van der Waals surface area (Å²) in [5.74, 6) is 0. The fraction of sp³-hybridized carbons (Fsp3) is 0.300. The first-order valence-corrected chi connectivity index (χ1v) is 3.93. The van der Waals surface area contributed by atoms with Crippen molar-refractivity contribution in [2.45, 2.75) is 20.0 Å². The predicted molar refractivity (Wildman–Crippen MR) is 45.7 cm³/mol. The van der Waals surface area contributed by atoms with E-state index in [1.54, 1.807) is 6.29 Å². The minimum absolute atomic E-state index is 0.0517. The molecule has 0 spiro atoms. The van der Waals surface area contributed by atoms with E-state index in [1.807, 2.05) is 0 Å². The molecular weight excluding hydrogens is 193 g/mol. The second-order valence-electron chi connectivity index (χ2n) is 3.08. The Morgan fingerprint density at radius 1 is 1.14 bits per heavy atom. The molecule has 4 heteroatoms. The van der Waals surface area contributed by atoms with Gasteiger partial charge in [-0.15, -0.1) is 0 Å². The third-order valence-electron chi connectivity index (χ3n) is 1.93. The molecule has 1 radical (unpaired) electrons. The van der Waals surface area contributed by atoms with Crippen molar-refractivity contribution in [1.82, 2.24) is 0 Å².